The molecule has 130 valence electrons. The molecule has 23 heavy (non-hydrogen) atoms. The van der Waals surface area contributed by atoms with Crippen LogP contribution in [0.3, 0.4) is 0 Å². The summed E-state index contributed by atoms with van der Waals surface area (Å²) in [6.45, 7) is 4.16. The summed E-state index contributed by atoms with van der Waals surface area (Å²) in [5.41, 5.74) is 0.767. The lowest BCUT2D eigenvalue weighted by atomic mass is 9.93. The van der Waals surface area contributed by atoms with Gasteiger partial charge in [0.25, 0.3) is 0 Å². The topological polar surface area (TPSA) is 44.4 Å². The molecule has 4 nitrogen and oxygen atoms in total. The molecule has 2 rings (SSSR count). The van der Waals surface area contributed by atoms with E-state index < -0.39 is 0 Å². The van der Waals surface area contributed by atoms with Crippen LogP contribution in [0.25, 0.3) is 0 Å². The molecule has 6 heteroatoms. The predicted molar refractivity (Wildman–Crippen MR) is 99.7 cm³/mol. The quantitative estimate of drug-likeness (QED) is 0.783. The summed E-state index contributed by atoms with van der Waals surface area (Å²) in [6.07, 6.45) is 4.29. The van der Waals surface area contributed by atoms with Gasteiger partial charge in [0.05, 0.1) is 0 Å². The summed E-state index contributed by atoms with van der Waals surface area (Å²) in [4.78, 5) is 14.4. The van der Waals surface area contributed by atoms with Crippen LogP contribution in [-0.2, 0) is 4.79 Å². The number of nitrogens with zero attached hydrogens (tertiary/aromatic N) is 1. The van der Waals surface area contributed by atoms with E-state index in [0.29, 0.717) is 11.4 Å². The van der Waals surface area contributed by atoms with Gasteiger partial charge in [-0.1, -0.05) is 17.7 Å². The zero-order valence-electron chi connectivity index (χ0n) is 13.7. The van der Waals surface area contributed by atoms with E-state index in [1.165, 1.54) is 19.3 Å². The van der Waals surface area contributed by atoms with Gasteiger partial charge < -0.3 is 15.5 Å². The van der Waals surface area contributed by atoms with Crippen molar-refractivity contribution in [2.45, 2.75) is 25.7 Å². The number of carbonyl (C=O) groups is 1. The average molecular weight is 360 g/mol. The summed E-state index contributed by atoms with van der Waals surface area (Å²) < 4.78 is 0. The highest BCUT2D eigenvalue weighted by Crippen LogP contribution is 2.20. The maximum absolute atomic E-state index is 12.0. The number of rotatable bonds is 7. The second-order valence-corrected chi connectivity index (χ2v) is 6.42. The molecule has 0 spiro atoms. The van der Waals surface area contributed by atoms with Gasteiger partial charge in [-0.05, 0) is 70.1 Å². The Morgan fingerprint density at radius 3 is 2.74 bits per heavy atom. The Hall–Kier alpha value is -0.810. The van der Waals surface area contributed by atoms with Crippen molar-refractivity contribution in [2.24, 2.45) is 5.92 Å². The van der Waals surface area contributed by atoms with E-state index in [0.717, 1.165) is 37.8 Å². The molecular formula is C17H27Cl2N3O. The number of hydrogen-bond acceptors (Lipinski definition) is 3. The minimum Gasteiger partial charge on any atom is -0.326 e. The Kier molecular flexibility index (Phi) is 9.56. The predicted octanol–water partition coefficient (Wildman–Crippen LogP) is 3.41. The average Bonchev–Trinajstić information content (AvgIpc) is 2.52. The fraction of sp³-hybridized carbons (Fsp3) is 0.588. The van der Waals surface area contributed by atoms with E-state index in [4.69, 9.17) is 11.6 Å². The number of benzene rings is 1. The molecule has 0 aromatic heterocycles. The molecule has 1 aliphatic heterocycles. The van der Waals surface area contributed by atoms with Crippen LogP contribution >= 0.6 is 24.0 Å². The Labute approximate surface area is 150 Å². The summed E-state index contributed by atoms with van der Waals surface area (Å²) in [7, 11) is 2.01. The number of likely N-dealkylation sites (tertiary alicyclic amines) is 1. The van der Waals surface area contributed by atoms with Crippen LogP contribution in [0.4, 0.5) is 5.69 Å². The van der Waals surface area contributed by atoms with Gasteiger partial charge in [-0.25, -0.2) is 0 Å². The maximum atomic E-state index is 12.0. The van der Waals surface area contributed by atoms with E-state index in [2.05, 4.69) is 15.5 Å². The summed E-state index contributed by atoms with van der Waals surface area (Å²) >= 11 is 5.91. The Morgan fingerprint density at radius 2 is 2.09 bits per heavy atom. The smallest absolute Gasteiger partial charge is 0.225 e. The fourth-order valence-electron chi connectivity index (χ4n) is 2.90. The van der Waals surface area contributed by atoms with Crippen molar-refractivity contribution in [3.05, 3.63) is 29.3 Å². The van der Waals surface area contributed by atoms with Gasteiger partial charge in [-0.3, -0.25) is 4.79 Å². The third-order valence-corrected chi connectivity index (χ3v) is 4.51. The van der Waals surface area contributed by atoms with Crippen molar-refractivity contribution in [3.63, 3.8) is 0 Å². The summed E-state index contributed by atoms with van der Waals surface area (Å²) in [6, 6.07) is 7.27. The van der Waals surface area contributed by atoms with Gasteiger partial charge in [0.15, 0.2) is 0 Å². The van der Waals surface area contributed by atoms with Gasteiger partial charge in [0.2, 0.25) is 5.91 Å². The minimum absolute atomic E-state index is 0. The first-order valence-corrected chi connectivity index (χ1v) is 8.47. The minimum atomic E-state index is 0. The van der Waals surface area contributed by atoms with E-state index >= 15 is 0 Å². The van der Waals surface area contributed by atoms with Crippen molar-refractivity contribution >= 4 is 35.6 Å². The van der Waals surface area contributed by atoms with Crippen LogP contribution in [0.15, 0.2) is 24.3 Å². The monoisotopic (exact) mass is 359 g/mol. The number of anilines is 1. The third-order valence-electron chi connectivity index (χ3n) is 4.27. The number of halogens is 2. The number of amides is 1. The van der Waals surface area contributed by atoms with Crippen LogP contribution in [0.2, 0.25) is 5.02 Å². The highest BCUT2D eigenvalue weighted by Gasteiger charge is 2.19. The lowest BCUT2D eigenvalue weighted by Gasteiger charge is -2.31. The molecule has 0 unspecified atom stereocenters. The van der Waals surface area contributed by atoms with Crippen molar-refractivity contribution in [1.82, 2.24) is 10.2 Å². The molecular weight excluding hydrogens is 333 g/mol. The number of carbonyl (C=O) groups excluding carboxylic acids is 1. The van der Waals surface area contributed by atoms with E-state index in [1.54, 1.807) is 12.1 Å². The lowest BCUT2D eigenvalue weighted by molar-refractivity contribution is -0.116. The molecule has 1 saturated heterocycles. The Bertz CT molecular complexity index is 477. The van der Waals surface area contributed by atoms with Crippen molar-refractivity contribution in [3.8, 4) is 0 Å². The Balaban J connectivity index is 0.00000264. The first-order chi connectivity index (χ1) is 10.7. The molecule has 0 radical (unpaired) electrons. The molecule has 1 aromatic rings. The van der Waals surface area contributed by atoms with Crippen molar-refractivity contribution < 1.29 is 4.79 Å². The normalized spacial score (nSPS) is 15.9. The third kappa shape index (κ3) is 7.53. The molecule has 1 aromatic carbocycles. The second-order valence-electron chi connectivity index (χ2n) is 5.99. The van der Waals surface area contributed by atoms with Crippen LogP contribution < -0.4 is 10.6 Å². The first-order valence-electron chi connectivity index (χ1n) is 8.10. The van der Waals surface area contributed by atoms with Gasteiger partial charge in [-0.2, -0.15) is 0 Å². The van der Waals surface area contributed by atoms with E-state index in [9.17, 15) is 4.79 Å². The molecule has 1 amide bonds. The maximum Gasteiger partial charge on any atom is 0.225 e. The van der Waals surface area contributed by atoms with Gasteiger partial charge in [0, 0.05) is 23.7 Å². The lowest BCUT2D eigenvalue weighted by Crippen LogP contribution is -2.36. The highest BCUT2D eigenvalue weighted by molar-refractivity contribution is 6.30. The molecule has 0 atom stereocenters. The van der Waals surface area contributed by atoms with E-state index in [1.807, 2.05) is 19.2 Å². The number of hydrogen-bond donors (Lipinski definition) is 2. The SMILES string of the molecule is CNCCC1CCN(CCC(=O)Nc2cccc(Cl)c2)CC1.Cl. The van der Waals surface area contributed by atoms with Crippen LogP contribution in [0, 0.1) is 5.92 Å². The van der Waals surface area contributed by atoms with Crippen LogP contribution in [-0.4, -0.2) is 44.0 Å². The van der Waals surface area contributed by atoms with Gasteiger partial charge >= 0.3 is 0 Å². The van der Waals surface area contributed by atoms with Crippen LogP contribution in [0.1, 0.15) is 25.7 Å². The molecule has 0 bridgehead atoms. The largest absolute Gasteiger partial charge is 0.326 e. The Morgan fingerprint density at radius 1 is 1.35 bits per heavy atom. The fourth-order valence-corrected chi connectivity index (χ4v) is 3.09. The summed E-state index contributed by atoms with van der Waals surface area (Å²) in [5.74, 6) is 0.892. The van der Waals surface area contributed by atoms with E-state index in [-0.39, 0.29) is 18.3 Å². The number of piperidine rings is 1. The molecule has 1 fully saturated rings. The summed E-state index contributed by atoms with van der Waals surface area (Å²) in [5, 5.41) is 6.76. The molecule has 0 aliphatic carbocycles. The van der Waals surface area contributed by atoms with Gasteiger partial charge in [0.1, 0.15) is 0 Å². The standard InChI is InChI=1S/C17H26ClN3O.ClH/c1-19-9-5-14-6-10-21(11-7-14)12-8-17(22)20-16-4-2-3-15(18)13-16;/h2-4,13-14,19H,5-12H2,1H3,(H,20,22);1H. The molecule has 1 aliphatic rings. The molecule has 1 heterocycles. The zero-order chi connectivity index (χ0) is 15.8. The van der Waals surface area contributed by atoms with Crippen molar-refractivity contribution in [2.75, 3.05) is 38.5 Å². The highest BCUT2D eigenvalue weighted by atomic mass is 35.5. The first kappa shape index (κ1) is 20.2. The van der Waals surface area contributed by atoms with Crippen molar-refractivity contribution in [1.29, 1.82) is 0 Å². The second kappa shape index (κ2) is 10.9. The van der Waals surface area contributed by atoms with Crippen LogP contribution in [0.5, 0.6) is 0 Å². The zero-order valence-corrected chi connectivity index (χ0v) is 15.3. The number of nitrogens with one attached hydrogen (secondary N) is 2. The molecule has 0 saturated carbocycles. The van der Waals surface area contributed by atoms with Gasteiger partial charge in [-0.15, -0.1) is 12.4 Å². The molecule has 2 N–H and O–H groups in total.